The van der Waals surface area contributed by atoms with E-state index in [-0.39, 0.29) is 24.7 Å². The Balaban J connectivity index is 1.89. The summed E-state index contributed by atoms with van der Waals surface area (Å²) in [5.74, 6) is -1.05. The quantitative estimate of drug-likeness (QED) is 0.376. The second-order valence-electron chi connectivity index (χ2n) is 9.29. The van der Waals surface area contributed by atoms with Crippen molar-refractivity contribution in [3.8, 4) is 0 Å². The summed E-state index contributed by atoms with van der Waals surface area (Å²) in [5, 5.41) is 15.4. The Hall–Kier alpha value is -1.68. The lowest BCUT2D eigenvalue weighted by molar-refractivity contribution is -0.159. The summed E-state index contributed by atoms with van der Waals surface area (Å²) >= 11 is 0. The molecule has 0 N–H and O–H groups in total. The largest absolute Gasteiger partial charge is 0.465 e. The van der Waals surface area contributed by atoms with Crippen LogP contribution in [-0.2, 0) is 23.5 Å². The first kappa shape index (κ1) is 22.6. The number of hydrogen-bond acceptors (Lipinski definition) is 9. The number of rotatable bonds is 11. The molecular weight excluding hydrogens is 380 g/mol. The van der Waals surface area contributed by atoms with Gasteiger partial charge in [0.25, 0.3) is 0 Å². The Labute approximate surface area is 167 Å². The van der Waals surface area contributed by atoms with E-state index < -0.39 is 37.7 Å². The number of ether oxygens (including phenoxy) is 2. The fraction of sp³-hybridized carbons (Fsp3) is 0.889. The molecule has 0 saturated carbocycles. The average Bonchev–Trinajstić information content (AvgIpc) is 3.45. The maximum absolute atomic E-state index is 12.6. The van der Waals surface area contributed by atoms with Crippen LogP contribution in [0.2, 0.25) is 18.1 Å². The first-order valence-electron chi connectivity index (χ1n) is 9.64. The fourth-order valence-corrected chi connectivity index (χ4v) is 3.33. The van der Waals surface area contributed by atoms with E-state index in [9.17, 15) is 9.59 Å². The monoisotopic (exact) mass is 412 g/mol. The van der Waals surface area contributed by atoms with Gasteiger partial charge in [0.2, 0.25) is 0 Å². The van der Waals surface area contributed by atoms with E-state index in [1.807, 2.05) is 26.9 Å². The Kier molecular flexibility index (Phi) is 6.44. The maximum Gasteiger partial charge on any atom is 0.334 e. The number of esters is 2. The lowest BCUT2D eigenvalue weighted by Gasteiger charge is -2.38. The third-order valence-corrected chi connectivity index (χ3v) is 9.89. The maximum atomic E-state index is 12.6. The molecule has 0 fully saturated rings. The van der Waals surface area contributed by atoms with Crippen LogP contribution in [0.3, 0.4) is 0 Å². The smallest absolute Gasteiger partial charge is 0.334 e. The molecule has 0 amide bonds. The van der Waals surface area contributed by atoms with Crippen LogP contribution in [-0.4, -0.2) is 50.9 Å². The van der Waals surface area contributed by atoms with Gasteiger partial charge in [-0.1, -0.05) is 20.8 Å². The van der Waals surface area contributed by atoms with Crippen LogP contribution in [0.15, 0.2) is 20.5 Å². The molecule has 2 heterocycles. The summed E-state index contributed by atoms with van der Waals surface area (Å²) in [6, 6.07) is 0. The minimum atomic E-state index is -2.29. The summed E-state index contributed by atoms with van der Waals surface area (Å²) < 4.78 is 16.8. The van der Waals surface area contributed by atoms with Crippen molar-refractivity contribution in [1.82, 2.24) is 0 Å². The summed E-state index contributed by atoms with van der Waals surface area (Å²) in [6.07, 6.45) is -0.118. The summed E-state index contributed by atoms with van der Waals surface area (Å²) in [7, 11) is -2.29. The van der Waals surface area contributed by atoms with Crippen molar-refractivity contribution in [1.29, 1.82) is 0 Å². The molecule has 0 unspecified atom stereocenters. The van der Waals surface area contributed by atoms with Gasteiger partial charge >= 0.3 is 11.9 Å². The highest BCUT2D eigenvalue weighted by atomic mass is 28.4. The molecule has 158 valence electrons. The van der Waals surface area contributed by atoms with Crippen LogP contribution in [0.1, 0.15) is 53.9 Å². The second kappa shape index (κ2) is 7.98. The minimum Gasteiger partial charge on any atom is -0.465 e. The highest BCUT2D eigenvalue weighted by molar-refractivity contribution is 6.74. The Bertz CT molecular complexity index is 659. The average molecular weight is 413 g/mol. The van der Waals surface area contributed by atoms with Gasteiger partial charge in [0, 0.05) is 12.8 Å². The first-order chi connectivity index (χ1) is 12.8. The lowest BCUT2D eigenvalue weighted by Crippen LogP contribution is -2.47. The zero-order chi connectivity index (χ0) is 21.2. The first-order valence-corrected chi connectivity index (χ1v) is 12.5. The molecule has 0 bridgehead atoms. The molecule has 0 radical (unpaired) electrons. The molecule has 0 saturated heterocycles. The minimum absolute atomic E-state index is 0.113. The van der Waals surface area contributed by atoms with Crippen molar-refractivity contribution in [2.45, 2.75) is 89.4 Å². The van der Waals surface area contributed by atoms with Gasteiger partial charge in [-0.05, 0) is 32.0 Å². The van der Waals surface area contributed by atoms with Gasteiger partial charge in [-0.2, -0.15) is 20.5 Å². The molecule has 1 atom stereocenters. The standard InChI is InChI=1S/C18H32N4O5Si/c1-16(2,3)28(6,7)27-13(15(24)26-11-9-18(5)21-22-18)12-14(23)25-10-8-17(4)19-20-17/h13H,8-12H2,1-7H3/t13-/m0/s1. The second-order valence-corrected chi connectivity index (χ2v) is 14.0. The SMILES string of the molecule is CC1(CCOC(=O)C[C@H](O[Si](C)(C)C(C)(C)C)C(=O)OCCC2(C)N=N2)N=N1. The van der Waals surface area contributed by atoms with Crippen LogP contribution in [0.5, 0.6) is 0 Å². The van der Waals surface area contributed by atoms with Crippen LogP contribution < -0.4 is 0 Å². The third-order valence-electron chi connectivity index (χ3n) is 5.40. The molecule has 9 nitrogen and oxygen atoms in total. The van der Waals surface area contributed by atoms with Gasteiger partial charge < -0.3 is 13.9 Å². The molecule has 0 spiro atoms. The van der Waals surface area contributed by atoms with Crippen molar-refractivity contribution in [3.63, 3.8) is 0 Å². The summed E-state index contributed by atoms with van der Waals surface area (Å²) in [5.41, 5.74) is -0.866. The lowest BCUT2D eigenvalue weighted by atomic mass is 10.2. The number of carbonyl (C=O) groups excluding carboxylic acids is 2. The number of carbonyl (C=O) groups is 2. The van der Waals surface area contributed by atoms with Crippen LogP contribution >= 0.6 is 0 Å². The summed E-state index contributed by atoms with van der Waals surface area (Å²) in [6.45, 7) is 14.4. The van der Waals surface area contributed by atoms with Crippen molar-refractivity contribution < 1.29 is 23.5 Å². The number of hydrogen-bond donors (Lipinski definition) is 0. The van der Waals surface area contributed by atoms with Crippen LogP contribution in [0.25, 0.3) is 0 Å². The normalized spacial score (nSPS) is 19.8. The van der Waals surface area contributed by atoms with E-state index in [4.69, 9.17) is 13.9 Å². The molecule has 0 aliphatic carbocycles. The van der Waals surface area contributed by atoms with Gasteiger partial charge in [-0.15, -0.1) is 0 Å². The summed E-state index contributed by atoms with van der Waals surface area (Å²) in [4.78, 5) is 24.9. The van der Waals surface area contributed by atoms with E-state index in [0.29, 0.717) is 12.8 Å². The zero-order valence-electron chi connectivity index (χ0n) is 17.9. The molecular formula is C18H32N4O5Si. The van der Waals surface area contributed by atoms with Crippen molar-refractivity contribution in [3.05, 3.63) is 0 Å². The van der Waals surface area contributed by atoms with E-state index in [1.165, 1.54) is 0 Å². The Morgan fingerprint density at radius 3 is 1.82 bits per heavy atom. The van der Waals surface area contributed by atoms with E-state index >= 15 is 0 Å². The van der Waals surface area contributed by atoms with Gasteiger partial charge in [-0.3, -0.25) is 4.79 Å². The molecule has 2 rings (SSSR count). The molecule has 0 aromatic carbocycles. The van der Waals surface area contributed by atoms with E-state index in [0.717, 1.165) is 0 Å². The Morgan fingerprint density at radius 1 is 0.929 bits per heavy atom. The highest BCUT2D eigenvalue weighted by Crippen LogP contribution is 2.38. The van der Waals surface area contributed by atoms with E-state index in [2.05, 4.69) is 41.2 Å². The number of nitrogens with zero attached hydrogens (tertiary/aromatic N) is 4. The van der Waals surface area contributed by atoms with Crippen LogP contribution in [0, 0.1) is 0 Å². The van der Waals surface area contributed by atoms with Gasteiger partial charge in [0.15, 0.2) is 25.7 Å². The van der Waals surface area contributed by atoms with Gasteiger partial charge in [0.05, 0.1) is 19.6 Å². The molecule has 10 heteroatoms. The topological polar surface area (TPSA) is 111 Å². The van der Waals surface area contributed by atoms with Crippen molar-refractivity contribution in [2.24, 2.45) is 20.5 Å². The molecule has 2 aliphatic heterocycles. The highest BCUT2D eigenvalue weighted by Gasteiger charge is 2.42. The molecule has 28 heavy (non-hydrogen) atoms. The predicted molar refractivity (Wildman–Crippen MR) is 104 cm³/mol. The molecule has 0 aromatic heterocycles. The molecule has 2 aliphatic rings. The zero-order valence-corrected chi connectivity index (χ0v) is 18.9. The van der Waals surface area contributed by atoms with Gasteiger partial charge in [-0.25, -0.2) is 4.79 Å². The fourth-order valence-electron chi connectivity index (χ4n) is 2.08. The van der Waals surface area contributed by atoms with Gasteiger partial charge in [0.1, 0.15) is 0 Å². The third kappa shape index (κ3) is 6.73. The van der Waals surface area contributed by atoms with Crippen molar-refractivity contribution >= 4 is 20.3 Å². The Morgan fingerprint density at radius 2 is 1.39 bits per heavy atom. The predicted octanol–water partition coefficient (Wildman–Crippen LogP) is 4.00. The van der Waals surface area contributed by atoms with E-state index in [1.54, 1.807) is 0 Å². The van der Waals surface area contributed by atoms with Crippen molar-refractivity contribution in [2.75, 3.05) is 13.2 Å². The van der Waals surface area contributed by atoms with Crippen LogP contribution in [0.4, 0.5) is 0 Å². The molecule has 0 aromatic rings.